The SMILES string of the molecule is CSC(C)(C)CNCc1ccc(Cl)c(Cl)c1. The lowest BCUT2D eigenvalue weighted by Crippen LogP contribution is -2.31. The van der Waals surface area contributed by atoms with Crippen LogP contribution in [0.3, 0.4) is 0 Å². The van der Waals surface area contributed by atoms with Crippen molar-refractivity contribution < 1.29 is 0 Å². The molecule has 1 rings (SSSR count). The molecule has 0 aromatic heterocycles. The molecular formula is C12H17Cl2NS. The van der Waals surface area contributed by atoms with Gasteiger partial charge < -0.3 is 5.32 Å². The molecule has 0 atom stereocenters. The quantitative estimate of drug-likeness (QED) is 0.865. The normalized spacial score (nSPS) is 11.8. The minimum Gasteiger partial charge on any atom is -0.311 e. The lowest BCUT2D eigenvalue weighted by atomic mass is 10.2. The molecule has 0 aliphatic heterocycles. The number of hydrogen-bond donors (Lipinski definition) is 1. The Kier molecular flexibility index (Phi) is 5.45. The van der Waals surface area contributed by atoms with Gasteiger partial charge in [0, 0.05) is 17.8 Å². The molecule has 0 bridgehead atoms. The molecule has 0 saturated heterocycles. The van der Waals surface area contributed by atoms with Gasteiger partial charge in [-0.05, 0) is 37.8 Å². The zero-order chi connectivity index (χ0) is 12.2. The third kappa shape index (κ3) is 4.54. The van der Waals surface area contributed by atoms with Crippen LogP contribution in [0.1, 0.15) is 19.4 Å². The second-order valence-corrected chi connectivity index (χ2v) is 6.64. The molecule has 1 aromatic rings. The summed E-state index contributed by atoms with van der Waals surface area (Å²) in [5.41, 5.74) is 1.16. The van der Waals surface area contributed by atoms with Crippen LogP contribution in [0.15, 0.2) is 18.2 Å². The van der Waals surface area contributed by atoms with Gasteiger partial charge in [-0.3, -0.25) is 0 Å². The van der Waals surface area contributed by atoms with Gasteiger partial charge in [0.15, 0.2) is 0 Å². The highest BCUT2D eigenvalue weighted by Crippen LogP contribution is 2.23. The minimum atomic E-state index is 0.260. The highest BCUT2D eigenvalue weighted by Gasteiger charge is 2.14. The summed E-state index contributed by atoms with van der Waals surface area (Å²) in [4.78, 5) is 0. The first-order valence-corrected chi connectivity index (χ1v) is 7.12. The Labute approximate surface area is 112 Å². The Balaban J connectivity index is 2.46. The largest absolute Gasteiger partial charge is 0.311 e. The summed E-state index contributed by atoms with van der Waals surface area (Å²) in [6, 6.07) is 5.73. The second kappa shape index (κ2) is 6.15. The van der Waals surface area contributed by atoms with Gasteiger partial charge in [0.05, 0.1) is 10.0 Å². The third-order valence-corrected chi connectivity index (χ3v) is 4.40. The first-order valence-electron chi connectivity index (χ1n) is 5.14. The molecule has 1 aromatic carbocycles. The van der Waals surface area contributed by atoms with E-state index < -0.39 is 0 Å². The molecule has 1 N–H and O–H groups in total. The molecule has 16 heavy (non-hydrogen) atoms. The van der Waals surface area contributed by atoms with Crippen molar-refractivity contribution in [1.82, 2.24) is 5.32 Å². The summed E-state index contributed by atoms with van der Waals surface area (Å²) >= 11 is 13.7. The van der Waals surface area contributed by atoms with Gasteiger partial charge in [0.25, 0.3) is 0 Å². The smallest absolute Gasteiger partial charge is 0.0595 e. The molecule has 0 amide bonds. The van der Waals surface area contributed by atoms with Crippen LogP contribution in [0, 0.1) is 0 Å². The maximum atomic E-state index is 5.95. The van der Waals surface area contributed by atoms with Gasteiger partial charge in [0.1, 0.15) is 0 Å². The fourth-order valence-electron chi connectivity index (χ4n) is 1.23. The Morgan fingerprint density at radius 3 is 2.50 bits per heavy atom. The van der Waals surface area contributed by atoms with E-state index in [9.17, 15) is 0 Å². The minimum absolute atomic E-state index is 0.260. The third-order valence-electron chi connectivity index (χ3n) is 2.42. The van der Waals surface area contributed by atoms with Gasteiger partial charge in [-0.25, -0.2) is 0 Å². The molecule has 0 fully saturated rings. The van der Waals surface area contributed by atoms with Crippen LogP contribution in [0.4, 0.5) is 0 Å². The van der Waals surface area contributed by atoms with Crippen molar-refractivity contribution in [2.45, 2.75) is 25.1 Å². The van der Waals surface area contributed by atoms with E-state index in [2.05, 4.69) is 25.4 Å². The van der Waals surface area contributed by atoms with E-state index in [4.69, 9.17) is 23.2 Å². The molecule has 0 radical (unpaired) electrons. The monoisotopic (exact) mass is 277 g/mol. The van der Waals surface area contributed by atoms with E-state index in [-0.39, 0.29) is 4.75 Å². The van der Waals surface area contributed by atoms with Crippen LogP contribution in [0.2, 0.25) is 10.0 Å². The highest BCUT2D eigenvalue weighted by atomic mass is 35.5. The van der Waals surface area contributed by atoms with Crippen LogP contribution in [0.25, 0.3) is 0 Å². The van der Waals surface area contributed by atoms with Gasteiger partial charge >= 0.3 is 0 Å². The fraction of sp³-hybridized carbons (Fsp3) is 0.500. The van der Waals surface area contributed by atoms with Crippen molar-refractivity contribution in [3.8, 4) is 0 Å². The average molecular weight is 278 g/mol. The van der Waals surface area contributed by atoms with Crippen LogP contribution >= 0.6 is 35.0 Å². The van der Waals surface area contributed by atoms with E-state index in [1.54, 1.807) is 0 Å². The van der Waals surface area contributed by atoms with Crippen LogP contribution < -0.4 is 5.32 Å². The van der Waals surface area contributed by atoms with Crippen molar-refractivity contribution in [3.63, 3.8) is 0 Å². The first-order chi connectivity index (χ1) is 7.44. The Bertz CT molecular complexity index is 353. The number of benzene rings is 1. The fourth-order valence-corrected chi connectivity index (χ4v) is 1.80. The average Bonchev–Trinajstić information content (AvgIpc) is 2.23. The number of halogens is 2. The number of thioether (sulfide) groups is 1. The number of nitrogens with one attached hydrogen (secondary N) is 1. The summed E-state index contributed by atoms with van der Waals surface area (Å²) in [5, 5.41) is 4.64. The van der Waals surface area contributed by atoms with Crippen molar-refractivity contribution in [1.29, 1.82) is 0 Å². The Morgan fingerprint density at radius 2 is 1.94 bits per heavy atom. The summed E-state index contributed by atoms with van der Waals surface area (Å²) in [5.74, 6) is 0. The van der Waals surface area contributed by atoms with E-state index in [1.807, 2.05) is 30.0 Å². The van der Waals surface area contributed by atoms with Crippen molar-refractivity contribution in [3.05, 3.63) is 33.8 Å². The summed E-state index contributed by atoms with van der Waals surface area (Å²) in [7, 11) is 0. The molecule has 0 aliphatic carbocycles. The summed E-state index contributed by atoms with van der Waals surface area (Å²) in [6.07, 6.45) is 2.13. The van der Waals surface area contributed by atoms with Crippen LogP contribution in [0.5, 0.6) is 0 Å². The predicted molar refractivity (Wildman–Crippen MR) is 75.8 cm³/mol. The number of rotatable bonds is 5. The standard InChI is InChI=1S/C12H17Cl2NS/c1-12(2,16-3)8-15-7-9-4-5-10(13)11(14)6-9/h4-6,15H,7-8H2,1-3H3. The molecule has 0 spiro atoms. The predicted octanol–water partition coefficient (Wildman–Crippen LogP) is 4.22. The Morgan fingerprint density at radius 1 is 1.25 bits per heavy atom. The molecule has 1 nitrogen and oxygen atoms in total. The zero-order valence-electron chi connectivity index (χ0n) is 9.81. The van der Waals surface area contributed by atoms with E-state index in [0.29, 0.717) is 10.0 Å². The molecular weight excluding hydrogens is 261 g/mol. The topological polar surface area (TPSA) is 12.0 Å². The molecule has 0 saturated carbocycles. The molecule has 0 aliphatic rings. The first kappa shape index (κ1) is 14.2. The maximum Gasteiger partial charge on any atom is 0.0595 e. The Hall–Kier alpha value is 0.110. The molecule has 90 valence electrons. The van der Waals surface area contributed by atoms with Crippen molar-refractivity contribution >= 4 is 35.0 Å². The van der Waals surface area contributed by atoms with Gasteiger partial charge in [-0.2, -0.15) is 11.8 Å². The lowest BCUT2D eigenvalue weighted by Gasteiger charge is -2.22. The van der Waals surface area contributed by atoms with Gasteiger partial charge in [0.2, 0.25) is 0 Å². The lowest BCUT2D eigenvalue weighted by molar-refractivity contribution is 0.591. The molecule has 0 unspecified atom stereocenters. The molecule has 4 heteroatoms. The zero-order valence-corrected chi connectivity index (χ0v) is 12.1. The highest BCUT2D eigenvalue weighted by molar-refractivity contribution is 7.99. The van der Waals surface area contributed by atoms with Gasteiger partial charge in [-0.1, -0.05) is 29.3 Å². The van der Waals surface area contributed by atoms with Gasteiger partial charge in [-0.15, -0.1) is 0 Å². The van der Waals surface area contributed by atoms with Crippen LogP contribution in [-0.4, -0.2) is 17.5 Å². The molecule has 0 heterocycles. The second-order valence-electron chi connectivity index (χ2n) is 4.32. The van der Waals surface area contributed by atoms with Crippen molar-refractivity contribution in [2.24, 2.45) is 0 Å². The van der Waals surface area contributed by atoms with E-state index >= 15 is 0 Å². The summed E-state index contributed by atoms with van der Waals surface area (Å²) < 4.78 is 0.260. The van der Waals surface area contributed by atoms with E-state index in [0.717, 1.165) is 18.7 Å². The number of hydrogen-bond acceptors (Lipinski definition) is 2. The van der Waals surface area contributed by atoms with E-state index in [1.165, 1.54) is 0 Å². The maximum absolute atomic E-state index is 5.95. The summed E-state index contributed by atoms with van der Waals surface area (Å²) in [6.45, 7) is 6.23. The van der Waals surface area contributed by atoms with Crippen molar-refractivity contribution in [2.75, 3.05) is 12.8 Å². The van der Waals surface area contributed by atoms with Crippen LogP contribution in [-0.2, 0) is 6.54 Å².